The number of rotatable bonds is 4. The molecule has 0 radical (unpaired) electrons. The van der Waals surface area contributed by atoms with E-state index in [1.165, 1.54) is 0 Å². The Hall–Kier alpha value is -2.10. The van der Waals surface area contributed by atoms with E-state index in [-0.39, 0.29) is 11.5 Å². The molecule has 0 aromatic heterocycles. The zero-order valence-electron chi connectivity index (χ0n) is 10.2. The van der Waals surface area contributed by atoms with Crippen molar-refractivity contribution < 1.29 is 14.7 Å². The molecular weight excluding hydrogens is 230 g/mol. The zero-order valence-corrected chi connectivity index (χ0v) is 10.2. The number of carboxylic acid groups (broad SMARTS) is 1. The Morgan fingerprint density at radius 3 is 2.78 bits per heavy atom. The highest BCUT2D eigenvalue weighted by molar-refractivity contribution is 6.34. The second-order valence-corrected chi connectivity index (χ2v) is 4.22. The molecule has 0 atom stereocenters. The zero-order chi connectivity index (χ0) is 13.1. The molecule has 1 N–H and O–H groups in total. The molecule has 0 spiro atoms. The summed E-state index contributed by atoms with van der Waals surface area (Å²) in [5.74, 6) is -1.31. The summed E-state index contributed by atoms with van der Waals surface area (Å²) < 4.78 is 0. The Morgan fingerprint density at radius 2 is 2.11 bits per heavy atom. The molecule has 94 valence electrons. The summed E-state index contributed by atoms with van der Waals surface area (Å²) in [6, 6.07) is 7.30. The van der Waals surface area contributed by atoms with Gasteiger partial charge in [0, 0.05) is 18.2 Å². The van der Waals surface area contributed by atoms with E-state index in [9.17, 15) is 9.59 Å². The van der Waals surface area contributed by atoms with Gasteiger partial charge in [0.25, 0.3) is 5.91 Å². The van der Waals surface area contributed by atoms with Crippen molar-refractivity contribution >= 4 is 23.1 Å². The number of unbranched alkanes of at least 4 members (excludes halogenated alkanes) is 1. The third-order valence-corrected chi connectivity index (χ3v) is 2.96. The molecule has 0 bridgehead atoms. The third kappa shape index (κ3) is 2.14. The summed E-state index contributed by atoms with van der Waals surface area (Å²) in [6.45, 7) is 2.68. The number of aliphatic carboxylic acids is 1. The smallest absolute Gasteiger partial charge is 0.329 e. The lowest BCUT2D eigenvalue weighted by Crippen LogP contribution is -2.27. The van der Waals surface area contributed by atoms with Crippen LogP contribution in [0.1, 0.15) is 25.3 Å². The van der Waals surface area contributed by atoms with Crippen LogP contribution in [0, 0.1) is 0 Å². The van der Waals surface area contributed by atoms with Crippen LogP contribution < -0.4 is 4.90 Å². The minimum atomic E-state index is -1.09. The highest BCUT2D eigenvalue weighted by Gasteiger charge is 2.31. The first kappa shape index (κ1) is 12.4. The molecule has 0 saturated heterocycles. The number of amides is 1. The number of carbonyl (C=O) groups excluding carboxylic acids is 1. The Bertz CT molecular complexity index is 520. The van der Waals surface area contributed by atoms with Crippen molar-refractivity contribution in [1.82, 2.24) is 0 Å². The summed E-state index contributed by atoms with van der Waals surface area (Å²) >= 11 is 0. The van der Waals surface area contributed by atoms with E-state index in [1.807, 2.05) is 18.2 Å². The highest BCUT2D eigenvalue weighted by atomic mass is 16.4. The van der Waals surface area contributed by atoms with Crippen LogP contribution in [0.25, 0.3) is 5.57 Å². The molecule has 1 aliphatic heterocycles. The molecule has 0 saturated carbocycles. The van der Waals surface area contributed by atoms with Gasteiger partial charge in [0.1, 0.15) is 0 Å². The number of benzene rings is 1. The monoisotopic (exact) mass is 245 g/mol. The quantitative estimate of drug-likeness (QED) is 0.828. The van der Waals surface area contributed by atoms with Gasteiger partial charge in [0.05, 0.1) is 11.3 Å². The Morgan fingerprint density at radius 1 is 1.39 bits per heavy atom. The largest absolute Gasteiger partial charge is 0.478 e. The lowest BCUT2D eigenvalue weighted by atomic mass is 10.1. The van der Waals surface area contributed by atoms with Crippen LogP contribution in [0.2, 0.25) is 0 Å². The highest BCUT2D eigenvalue weighted by Crippen LogP contribution is 2.36. The number of hydrogen-bond donors (Lipinski definition) is 1. The molecule has 1 amide bonds. The fourth-order valence-electron chi connectivity index (χ4n) is 2.11. The standard InChI is InChI=1S/C14H15NO3/c1-2-3-8-15-12-7-5-4-6-10(12)11(14(15)18)9-13(16)17/h4-7,9H,2-3,8H2,1H3,(H,16,17)/b11-9-. The maximum Gasteiger partial charge on any atom is 0.329 e. The number of nitrogens with zero attached hydrogens (tertiary/aromatic N) is 1. The van der Waals surface area contributed by atoms with E-state index in [1.54, 1.807) is 11.0 Å². The molecule has 1 aromatic carbocycles. The average molecular weight is 245 g/mol. The minimum Gasteiger partial charge on any atom is -0.478 e. The van der Waals surface area contributed by atoms with Gasteiger partial charge in [-0.05, 0) is 12.5 Å². The summed E-state index contributed by atoms with van der Waals surface area (Å²) in [5.41, 5.74) is 1.79. The van der Waals surface area contributed by atoms with Gasteiger partial charge in [0.2, 0.25) is 0 Å². The summed E-state index contributed by atoms with van der Waals surface area (Å²) in [7, 11) is 0. The van der Waals surface area contributed by atoms with Crippen molar-refractivity contribution in [3.05, 3.63) is 35.9 Å². The van der Waals surface area contributed by atoms with Gasteiger partial charge in [-0.25, -0.2) is 4.79 Å². The van der Waals surface area contributed by atoms with Crippen molar-refractivity contribution in [2.75, 3.05) is 11.4 Å². The number of carboxylic acids is 1. The molecule has 4 nitrogen and oxygen atoms in total. The molecule has 4 heteroatoms. The lowest BCUT2D eigenvalue weighted by Gasteiger charge is -2.16. The van der Waals surface area contributed by atoms with Gasteiger partial charge in [-0.2, -0.15) is 0 Å². The second kappa shape index (κ2) is 5.04. The molecule has 2 rings (SSSR count). The first-order chi connectivity index (χ1) is 8.65. The van der Waals surface area contributed by atoms with Crippen LogP contribution in [0.4, 0.5) is 5.69 Å². The van der Waals surface area contributed by atoms with Crippen LogP contribution in [0.15, 0.2) is 30.3 Å². The number of fused-ring (bicyclic) bond motifs is 1. The molecular formula is C14H15NO3. The predicted octanol–water partition coefficient (Wildman–Crippen LogP) is 2.30. The minimum absolute atomic E-state index is 0.216. The third-order valence-electron chi connectivity index (χ3n) is 2.96. The fraction of sp³-hybridized carbons (Fsp3) is 0.286. The Balaban J connectivity index is 2.43. The van der Waals surface area contributed by atoms with E-state index in [4.69, 9.17) is 5.11 Å². The van der Waals surface area contributed by atoms with Crippen LogP contribution in [-0.4, -0.2) is 23.5 Å². The van der Waals surface area contributed by atoms with Gasteiger partial charge in [0.15, 0.2) is 0 Å². The molecule has 0 fully saturated rings. The SMILES string of the molecule is CCCCN1C(=O)/C(=C\C(=O)O)c2ccccc21. The summed E-state index contributed by atoms with van der Waals surface area (Å²) in [4.78, 5) is 24.6. The predicted molar refractivity (Wildman–Crippen MR) is 69.3 cm³/mol. The number of anilines is 1. The maximum absolute atomic E-state index is 12.2. The summed E-state index contributed by atoms with van der Waals surface area (Å²) in [6.07, 6.45) is 2.89. The van der Waals surface area contributed by atoms with Crippen LogP contribution in [0.5, 0.6) is 0 Å². The molecule has 1 heterocycles. The molecule has 1 aromatic rings. The van der Waals surface area contributed by atoms with Gasteiger partial charge >= 0.3 is 5.97 Å². The van der Waals surface area contributed by atoms with E-state index in [0.29, 0.717) is 12.1 Å². The first-order valence-corrected chi connectivity index (χ1v) is 6.01. The van der Waals surface area contributed by atoms with Crippen LogP contribution >= 0.6 is 0 Å². The van der Waals surface area contributed by atoms with E-state index in [2.05, 4.69) is 6.92 Å². The van der Waals surface area contributed by atoms with Crippen molar-refractivity contribution in [3.63, 3.8) is 0 Å². The first-order valence-electron chi connectivity index (χ1n) is 6.01. The van der Waals surface area contributed by atoms with Crippen molar-refractivity contribution in [2.24, 2.45) is 0 Å². The van der Waals surface area contributed by atoms with Crippen molar-refractivity contribution in [2.45, 2.75) is 19.8 Å². The normalized spacial score (nSPS) is 16.2. The molecule has 18 heavy (non-hydrogen) atoms. The second-order valence-electron chi connectivity index (χ2n) is 4.22. The fourth-order valence-corrected chi connectivity index (χ4v) is 2.11. The van der Waals surface area contributed by atoms with Crippen molar-refractivity contribution in [3.8, 4) is 0 Å². The van der Waals surface area contributed by atoms with Crippen LogP contribution in [-0.2, 0) is 9.59 Å². The number of carbonyl (C=O) groups is 2. The van der Waals surface area contributed by atoms with Gasteiger partial charge < -0.3 is 10.0 Å². The van der Waals surface area contributed by atoms with Crippen LogP contribution in [0.3, 0.4) is 0 Å². The molecule has 0 aliphatic carbocycles. The molecule has 1 aliphatic rings. The molecule has 0 unspecified atom stereocenters. The maximum atomic E-state index is 12.2. The average Bonchev–Trinajstić information content (AvgIpc) is 2.60. The lowest BCUT2D eigenvalue weighted by molar-refractivity contribution is -0.131. The van der Waals surface area contributed by atoms with Crippen molar-refractivity contribution in [1.29, 1.82) is 0 Å². The van der Waals surface area contributed by atoms with E-state index >= 15 is 0 Å². The van der Waals surface area contributed by atoms with Gasteiger partial charge in [-0.1, -0.05) is 31.5 Å². The Labute approximate surface area is 106 Å². The van der Waals surface area contributed by atoms with Gasteiger partial charge in [-0.3, -0.25) is 4.79 Å². The van der Waals surface area contributed by atoms with Gasteiger partial charge in [-0.15, -0.1) is 0 Å². The van der Waals surface area contributed by atoms with E-state index in [0.717, 1.165) is 24.6 Å². The Kier molecular flexibility index (Phi) is 3.46. The number of para-hydroxylation sites is 1. The van der Waals surface area contributed by atoms with E-state index < -0.39 is 5.97 Å². The number of hydrogen-bond acceptors (Lipinski definition) is 2. The summed E-state index contributed by atoms with van der Waals surface area (Å²) in [5, 5.41) is 8.83. The topological polar surface area (TPSA) is 57.6 Å².